The van der Waals surface area contributed by atoms with Gasteiger partial charge in [-0.05, 0) is 31.2 Å². The molecule has 0 atom stereocenters. The zero-order valence-electron chi connectivity index (χ0n) is 14.8. The maximum atomic E-state index is 13.1. The lowest BCUT2D eigenvalue weighted by Crippen LogP contribution is -2.39. The molecule has 1 aliphatic rings. The molecule has 0 radical (unpaired) electrons. The van der Waals surface area contributed by atoms with E-state index in [1.54, 1.807) is 19.1 Å². The molecule has 2 aromatic rings. The van der Waals surface area contributed by atoms with Gasteiger partial charge in [0.15, 0.2) is 5.13 Å². The number of aromatic nitrogens is 1. The summed E-state index contributed by atoms with van der Waals surface area (Å²) in [5, 5.41) is 2.77. The molecule has 10 heteroatoms. The summed E-state index contributed by atoms with van der Waals surface area (Å²) in [6.07, 6.45) is 1.31. The quantitative estimate of drug-likeness (QED) is 0.454. The number of nitrogens with one attached hydrogen (secondary N) is 1. The average molecular weight is 402 g/mol. The minimum atomic E-state index is -1.07. The van der Waals surface area contributed by atoms with E-state index in [1.807, 2.05) is 0 Å². The molecule has 0 saturated carbocycles. The van der Waals surface area contributed by atoms with Crippen LogP contribution in [0.1, 0.15) is 4.88 Å². The Hall–Kier alpha value is -3.40. The van der Waals surface area contributed by atoms with E-state index in [4.69, 9.17) is 0 Å². The smallest absolute Gasteiger partial charge is 0.300 e. The van der Waals surface area contributed by atoms with Crippen molar-refractivity contribution in [3.8, 4) is 11.3 Å². The monoisotopic (exact) mass is 402 g/mol. The van der Waals surface area contributed by atoms with Gasteiger partial charge in [-0.2, -0.15) is 0 Å². The number of hydrogen-bond acceptors (Lipinski definition) is 6. The van der Waals surface area contributed by atoms with Crippen LogP contribution in [0.15, 0.2) is 36.9 Å². The highest BCUT2D eigenvalue weighted by Gasteiger charge is 2.44. The SMILES string of the molecule is C=CCN1C(=O)C(=O)N(CC(=O)Nc2nc(-c3ccc(F)cc3)c(C)s2)C1=O. The number of aryl methyl sites for hydroxylation is 1. The van der Waals surface area contributed by atoms with Crippen molar-refractivity contribution < 1.29 is 23.6 Å². The van der Waals surface area contributed by atoms with Crippen LogP contribution < -0.4 is 5.32 Å². The summed E-state index contributed by atoms with van der Waals surface area (Å²) < 4.78 is 13.1. The lowest BCUT2D eigenvalue weighted by Gasteiger charge is -2.13. The molecule has 1 aliphatic heterocycles. The summed E-state index contributed by atoms with van der Waals surface area (Å²) in [5.74, 6) is -3.11. The van der Waals surface area contributed by atoms with Gasteiger partial charge in [-0.25, -0.2) is 19.1 Å². The van der Waals surface area contributed by atoms with Gasteiger partial charge >= 0.3 is 17.8 Å². The Balaban J connectivity index is 1.70. The van der Waals surface area contributed by atoms with Crippen molar-refractivity contribution in [3.63, 3.8) is 0 Å². The minimum Gasteiger partial charge on any atom is -0.300 e. The van der Waals surface area contributed by atoms with E-state index < -0.39 is 30.3 Å². The molecule has 8 nitrogen and oxygen atoms in total. The van der Waals surface area contributed by atoms with Crippen molar-refractivity contribution in [1.29, 1.82) is 0 Å². The van der Waals surface area contributed by atoms with Crippen molar-refractivity contribution >= 4 is 40.2 Å². The van der Waals surface area contributed by atoms with Gasteiger partial charge in [-0.3, -0.25) is 19.3 Å². The molecule has 3 rings (SSSR count). The van der Waals surface area contributed by atoms with Gasteiger partial charge in [-0.1, -0.05) is 6.08 Å². The minimum absolute atomic E-state index is 0.117. The molecule has 0 spiro atoms. The molecular formula is C18H15FN4O4S. The number of carbonyl (C=O) groups is 4. The topological polar surface area (TPSA) is 99.7 Å². The Morgan fingerprint density at radius 2 is 1.86 bits per heavy atom. The summed E-state index contributed by atoms with van der Waals surface area (Å²) in [6, 6.07) is 4.90. The molecule has 1 N–H and O–H groups in total. The average Bonchev–Trinajstić information content (AvgIpc) is 3.11. The summed E-state index contributed by atoms with van der Waals surface area (Å²) in [6.45, 7) is 4.49. The fraction of sp³-hybridized carbons (Fsp3) is 0.167. The fourth-order valence-electron chi connectivity index (χ4n) is 2.61. The highest BCUT2D eigenvalue weighted by Crippen LogP contribution is 2.30. The number of carbonyl (C=O) groups excluding carboxylic acids is 4. The van der Waals surface area contributed by atoms with E-state index in [9.17, 15) is 23.6 Å². The number of nitrogens with zero attached hydrogens (tertiary/aromatic N) is 3. The molecule has 0 unspecified atom stereocenters. The molecule has 1 aromatic carbocycles. The van der Waals surface area contributed by atoms with E-state index in [-0.39, 0.29) is 17.5 Å². The van der Waals surface area contributed by atoms with Crippen molar-refractivity contribution in [3.05, 3.63) is 47.6 Å². The third kappa shape index (κ3) is 3.67. The molecule has 5 amide bonds. The first-order valence-electron chi connectivity index (χ1n) is 8.13. The predicted octanol–water partition coefficient (Wildman–Crippen LogP) is 2.17. The largest absolute Gasteiger partial charge is 0.335 e. The maximum absolute atomic E-state index is 13.1. The zero-order chi connectivity index (χ0) is 20.4. The zero-order valence-corrected chi connectivity index (χ0v) is 15.6. The lowest BCUT2D eigenvalue weighted by atomic mass is 10.1. The Morgan fingerprint density at radius 3 is 2.50 bits per heavy atom. The van der Waals surface area contributed by atoms with Crippen molar-refractivity contribution in [1.82, 2.24) is 14.8 Å². The predicted molar refractivity (Wildman–Crippen MR) is 99.9 cm³/mol. The van der Waals surface area contributed by atoms with Crippen LogP contribution >= 0.6 is 11.3 Å². The van der Waals surface area contributed by atoms with Crippen LogP contribution in [0.2, 0.25) is 0 Å². The van der Waals surface area contributed by atoms with Gasteiger partial charge in [0.25, 0.3) is 0 Å². The molecule has 0 aliphatic carbocycles. The van der Waals surface area contributed by atoms with E-state index >= 15 is 0 Å². The molecule has 1 saturated heterocycles. The molecule has 144 valence electrons. The van der Waals surface area contributed by atoms with Crippen LogP contribution in [0.5, 0.6) is 0 Å². The summed E-state index contributed by atoms with van der Waals surface area (Å²) >= 11 is 1.19. The molecular weight excluding hydrogens is 387 g/mol. The van der Waals surface area contributed by atoms with Crippen molar-refractivity contribution in [2.45, 2.75) is 6.92 Å². The first kappa shape index (κ1) is 19.4. The second-order valence-corrected chi connectivity index (χ2v) is 7.06. The van der Waals surface area contributed by atoms with E-state index in [1.165, 1.54) is 29.5 Å². The van der Waals surface area contributed by atoms with Crippen molar-refractivity contribution in [2.75, 3.05) is 18.4 Å². The van der Waals surface area contributed by atoms with Gasteiger partial charge in [0.05, 0.1) is 5.69 Å². The summed E-state index contributed by atoms with van der Waals surface area (Å²) in [4.78, 5) is 54.4. The Labute approximate surface area is 163 Å². The standard InChI is InChI=1S/C18H15FN4O4S/c1-3-8-22-15(25)16(26)23(18(22)27)9-13(24)20-17-21-14(10(2)28-17)11-4-6-12(19)7-5-11/h3-7H,1,8-9H2,2H3,(H,20,21,24). The number of thiazole rings is 1. The molecule has 28 heavy (non-hydrogen) atoms. The normalized spacial score (nSPS) is 14.0. The fourth-order valence-corrected chi connectivity index (χ4v) is 3.46. The van der Waals surface area contributed by atoms with Gasteiger partial charge in [0.2, 0.25) is 5.91 Å². The highest BCUT2D eigenvalue weighted by atomic mass is 32.1. The van der Waals surface area contributed by atoms with Crippen LogP contribution in [0.4, 0.5) is 14.3 Å². The van der Waals surface area contributed by atoms with Crippen LogP contribution in [0.3, 0.4) is 0 Å². The molecule has 1 aromatic heterocycles. The van der Waals surface area contributed by atoms with E-state index in [0.29, 0.717) is 21.1 Å². The molecule has 0 bridgehead atoms. The Kier molecular flexibility index (Phi) is 5.32. The van der Waals surface area contributed by atoms with Crippen LogP contribution in [-0.4, -0.2) is 51.6 Å². The second-order valence-electron chi connectivity index (χ2n) is 5.86. The number of hydrogen-bond donors (Lipinski definition) is 1. The van der Waals surface area contributed by atoms with Crippen LogP contribution in [-0.2, 0) is 14.4 Å². The highest BCUT2D eigenvalue weighted by molar-refractivity contribution is 7.16. The lowest BCUT2D eigenvalue weighted by molar-refractivity contribution is -0.143. The third-order valence-electron chi connectivity index (χ3n) is 3.91. The first-order chi connectivity index (χ1) is 13.3. The van der Waals surface area contributed by atoms with Crippen LogP contribution in [0, 0.1) is 12.7 Å². The number of amides is 5. The van der Waals surface area contributed by atoms with Gasteiger partial charge < -0.3 is 5.32 Å². The summed E-state index contributed by atoms with van der Waals surface area (Å²) in [5.41, 5.74) is 1.27. The number of benzene rings is 1. The number of urea groups is 1. The van der Waals surface area contributed by atoms with Gasteiger partial charge in [0.1, 0.15) is 12.4 Å². The maximum Gasteiger partial charge on any atom is 0.335 e. The van der Waals surface area contributed by atoms with E-state index in [0.717, 1.165) is 4.88 Å². The molecule has 2 heterocycles. The number of halogens is 1. The second kappa shape index (κ2) is 7.69. The number of rotatable bonds is 6. The van der Waals surface area contributed by atoms with Crippen LogP contribution in [0.25, 0.3) is 11.3 Å². The van der Waals surface area contributed by atoms with Crippen molar-refractivity contribution in [2.24, 2.45) is 0 Å². The Morgan fingerprint density at radius 1 is 1.21 bits per heavy atom. The first-order valence-corrected chi connectivity index (χ1v) is 8.95. The van der Waals surface area contributed by atoms with Gasteiger partial charge in [0, 0.05) is 17.0 Å². The van der Waals surface area contributed by atoms with E-state index in [2.05, 4.69) is 16.9 Å². The number of anilines is 1. The number of imide groups is 2. The third-order valence-corrected chi connectivity index (χ3v) is 4.80. The Bertz CT molecular complexity index is 986. The molecule has 1 fully saturated rings. The summed E-state index contributed by atoms with van der Waals surface area (Å²) in [7, 11) is 0. The van der Waals surface area contributed by atoms with Gasteiger partial charge in [-0.15, -0.1) is 17.9 Å².